The van der Waals surface area contributed by atoms with Gasteiger partial charge >= 0.3 is 12.3 Å². The summed E-state index contributed by atoms with van der Waals surface area (Å²) >= 11 is 0. The molecule has 0 amide bonds. The van der Waals surface area contributed by atoms with Gasteiger partial charge in [0.05, 0.1) is 26.4 Å². The highest BCUT2D eigenvalue weighted by molar-refractivity contribution is 5.60. The summed E-state index contributed by atoms with van der Waals surface area (Å²) in [6.45, 7) is 1.78. The average Bonchev–Trinajstić information content (AvgIpc) is 2.66. The summed E-state index contributed by atoms with van der Waals surface area (Å²) in [7, 11) is 0. The zero-order chi connectivity index (χ0) is 19.4. The van der Waals surface area contributed by atoms with Crippen molar-refractivity contribution in [3.63, 3.8) is 0 Å². The van der Waals surface area contributed by atoms with E-state index < -0.39 is 12.3 Å². The molecule has 158 valence electrons. The smallest absolute Gasteiger partial charge is 0.434 e. The first kappa shape index (κ1) is 23.6. The zero-order valence-electron chi connectivity index (χ0n) is 16.9. The van der Waals surface area contributed by atoms with E-state index in [1.807, 2.05) is 0 Å². The minimum absolute atomic E-state index is 0.439. The number of cyclic esters (lactones) is 4. The number of ether oxygens (including phenoxy) is 4. The molecule has 0 N–H and O–H groups in total. The summed E-state index contributed by atoms with van der Waals surface area (Å²) in [5.74, 6) is 0. The normalized spacial score (nSPS) is 22.1. The summed E-state index contributed by atoms with van der Waals surface area (Å²) in [4.78, 5) is 22.9. The van der Waals surface area contributed by atoms with Gasteiger partial charge in [-0.1, -0.05) is 70.6 Å². The number of rotatable bonds is 0. The first-order valence-corrected chi connectivity index (χ1v) is 10.9. The van der Waals surface area contributed by atoms with Crippen LogP contribution in [0.5, 0.6) is 0 Å². The lowest BCUT2D eigenvalue weighted by Crippen LogP contribution is -2.09. The fourth-order valence-electron chi connectivity index (χ4n) is 3.06. The molecule has 6 nitrogen and oxygen atoms in total. The SMILES string of the molecule is O=C1OCCCCCCCCCCOC(=O)OCCCCCCCCCO1. The van der Waals surface area contributed by atoms with E-state index >= 15 is 0 Å². The van der Waals surface area contributed by atoms with E-state index in [0.29, 0.717) is 26.4 Å². The van der Waals surface area contributed by atoms with Gasteiger partial charge in [-0.05, 0) is 25.7 Å². The third-order valence-corrected chi connectivity index (χ3v) is 4.71. The Morgan fingerprint density at radius 2 is 0.519 bits per heavy atom. The Bertz CT molecular complexity index is 338. The molecule has 0 atom stereocenters. The molecule has 27 heavy (non-hydrogen) atoms. The number of carbonyl (C=O) groups is 2. The van der Waals surface area contributed by atoms with Crippen molar-refractivity contribution in [3.05, 3.63) is 0 Å². The van der Waals surface area contributed by atoms with Crippen molar-refractivity contribution in [2.45, 2.75) is 96.3 Å². The molecule has 0 aromatic heterocycles. The van der Waals surface area contributed by atoms with Crippen molar-refractivity contribution in [3.8, 4) is 0 Å². The number of hydrogen-bond donors (Lipinski definition) is 0. The topological polar surface area (TPSA) is 71.1 Å². The lowest BCUT2D eigenvalue weighted by atomic mass is 10.1. The molecular weight excluding hydrogens is 348 g/mol. The fourth-order valence-corrected chi connectivity index (χ4v) is 3.06. The van der Waals surface area contributed by atoms with E-state index in [1.165, 1.54) is 12.8 Å². The second-order valence-corrected chi connectivity index (χ2v) is 7.20. The Morgan fingerprint density at radius 1 is 0.333 bits per heavy atom. The van der Waals surface area contributed by atoms with Crippen LogP contribution in [0.2, 0.25) is 0 Å². The third-order valence-electron chi connectivity index (χ3n) is 4.71. The van der Waals surface area contributed by atoms with Crippen molar-refractivity contribution >= 4 is 12.3 Å². The van der Waals surface area contributed by atoms with Gasteiger partial charge in [0.1, 0.15) is 0 Å². The molecule has 1 aliphatic heterocycles. The molecule has 1 aliphatic rings. The minimum Gasteiger partial charge on any atom is -0.434 e. The second-order valence-electron chi connectivity index (χ2n) is 7.20. The molecule has 1 fully saturated rings. The molecule has 0 saturated carbocycles. The van der Waals surface area contributed by atoms with Gasteiger partial charge in [0.15, 0.2) is 0 Å². The summed E-state index contributed by atoms with van der Waals surface area (Å²) < 4.78 is 20.3. The summed E-state index contributed by atoms with van der Waals surface area (Å²) in [6.07, 6.45) is 14.8. The Kier molecular flexibility index (Phi) is 15.7. The van der Waals surface area contributed by atoms with E-state index in [4.69, 9.17) is 18.9 Å². The van der Waals surface area contributed by atoms with Crippen molar-refractivity contribution in [1.29, 1.82) is 0 Å². The van der Waals surface area contributed by atoms with Crippen molar-refractivity contribution in [1.82, 2.24) is 0 Å². The van der Waals surface area contributed by atoms with Crippen LogP contribution in [-0.4, -0.2) is 38.7 Å². The van der Waals surface area contributed by atoms with Crippen LogP contribution in [0.4, 0.5) is 9.59 Å². The van der Waals surface area contributed by atoms with Crippen LogP contribution in [0.15, 0.2) is 0 Å². The number of hydrogen-bond acceptors (Lipinski definition) is 6. The zero-order valence-corrected chi connectivity index (χ0v) is 16.9. The Balaban J connectivity index is 2.15. The number of carbonyl (C=O) groups excluding carboxylic acids is 2. The van der Waals surface area contributed by atoms with Gasteiger partial charge < -0.3 is 18.9 Å². The summed E-state index contributed by atoms with van der Waals surface area (Å²) in [5.41, 5.74) is 0. The average molecular weight is 387 g/mol. The molecule has 1 rings (SSSR count). The quantitative estimate of drug-likeness (QED) is 0.464. The van der Waals surface area contributed by atoms with Gasteiger partial charge in [0, 0.05) is 0 Å². The van der Waals surface area contributed by atoms with E-state index in [2.05, 4.69) is 0 Å². The lowest BCUT2D eigenvalue weighted by Gasteiger charge is -2.06. The maximum atomic E-state index is 11.5. The predicted octanol–water partition coefficient (Wildman–Crippen LogP) is 6.16. The van der Waals surface area contributed by atoms with Gasteiger partial charge in [0.25, 0.3) is 0 Å². The van der Waals surface area contributed by atoms with Crippen LogP contribution in [0.1, 0.15) is 96.3 Å². The highest BCUT2D eigenvalue weighted by Crippen LogP contribution is 2.10. The molecule has 0 spiro atoms. The van der Waals surface area contributed by atoms with Crippen LogP contribution in [0.3, 0.4) is 0 Å². The standard InChI is InChI=1S/C21H38O6/c22-20-24-16-12-8-4-1-2-5-9-13-17-25-21(23)27-19-15-11-7-3-6-10-14-18-26-20/h1-19H2. The Labute approximate surface area is 164 Å². The molecule has 0 aromatic rings. The molecular formula is C21H38O6. The van der Waals surface area contributed by atoms with E-state index in [0.717, 1.165) is 83.5 Å². The van der Waals surface area contributed by atoms with Gasteiger partial charge in [0.2, 0.25) is 0 Å². The highest BCUT2D eigenvalue weighted by atomic mass is 16.7. The van der Waals surface area contributed by atoms with Gasteiger partial charge in [-0.2, -0.15) is 0 Å². The fraction of sp³-hybridized carbons (Fsp3) is 0.905. The van der Waals surface area contributed by atoms with E-state index in [1.54, 1.807) is 0 Å². The maximum Gasteiger partial charge on any atom is 0.508 e. The van der Waals surface area contributed by atoms with Crippen LogP contribution >= 0.6 is 0 Å². The molecule has 0 aliphatic carbocycles. The van der Waals surface area contributed by atoms with Crippen LogP contribution in [-0.2, 0) is 18.9 Å². The molecule has 0 aromatic carbocycles. The molecule has 0 unspecified atom stereocenters. The van der Waals surface area contributed by atoms with Gasteiger partial charge in [-0.3, -0.25) is 0 Å². The summed E-state index contributed by atoms with van der Waals surface area (Å²) in [5, 5.41) is 0. The first-order valence-electron chi connectivity index (χ1n) is 10.9. The van der Waals surface area contributed by atoms with Crippen molar-refractivity contribution < 1.29 is 28.5 Å². The lowest BCUT2D eigenvalue weighted by molar-refractivity contribution is 0.0521. The molecule has 1 heterocycles. The van der Waals surface area contributed by atoms with Gasteiger partial charge in [-0.25, -0.2) is 9.59 Å². The molecule has 6 heteroatoms. The first-order chi connectivity index (χ1) is 13.3. The highest BCUT2D eigenvalue weighted by Gasteiger charge is 2.05. The van der Waals surface area contributed by atoms with Crippen molar-refractivity contribution in [2.24, 2.45) is 0 Å². The molecule has 0 bridgehead atoms. The molecule has 1 saturated heterocycles. The predicted molar refractivity (Wildman–Crippen MR) is 104 cm³/mol. The minimum atomic E-state index is -0.530. The van der Waals surface area contributed by atoms with Crippen LogP contribution < -0.4 is 0 Å². The largest absolute Gasteiger partial charge is 0.508 e. The third kappa shape index (κ3) is 16.4. The van der Waals surface area contributed by atoms with Gasteiger partial charge in [-0.15, -0.1) is 0 Å². The second kappa shape index (κ2) is 17.9. The Hall–Kier alpha value is -1.46. The monoisotopic (exact) mass is 386 g/mol. The van der Waals surface area contributed by atoms with E-state index in [9.17, 15) is 9.59 Å². The maximum absolute atomic E-state index is 11.5. The van der Waals surface area contributed by atoms with Crippen LogP contribution in [0, 0.1) is 0 Å². The Morgan fingerprint density at radius 3 is 0.741 bits per heavy atom. The molecule has 0 radical (unpaired) electrons. The van der Waals surface area contributed by atoms with Crippen LogP contribution in [0.25, 0.3) is 0 Å². The van der Waals surface area contributed by atoms with E-state index in [-0.39, 0.29) is 0 Å². The van der Waals surface area contributed by atoms with Crippen molar-refractivity contribution in [2.75, 3.05) is 26.4 Å². The summed E-state index contributed by atoms with van der Waals surface area (Å²) in [6, 6.07) is 0.